The van der Waals surface area contributed by atoms with Crippen LogP contribution in [-0.4, -0.2) is 42.0 Å². The standard InChI is InChI=1S/C16H21N3OS/c1-3-13-6-4-7-14-15(13)17-16(21-14)19-9-5-8-18(10-11-19)12(2)20/h4,6-7H,3,5,8-11H2,1-2H3. The average Bonchev–Trinajstić information content (AvgIpc) is 2.76. The lowest BCUT2D eigenvalue weighted by Gasteiger charge is -2.20. The number of thiazole rings is 1. The highest BCUT2D eigenvalue weighted by Crippen LogP contribution is 2.31. The Hall–Kier alpha value is -1.62. The second-order valence-corrected chi connectivity index (χ2v) is 6.47. The van der Waals surface area contributed by atoms with Gasteiger partial charge in [-0.1, -0.05) is 30.4 Å². The van der Waals surface area contributed by atoms with Crippen molar-refractivity contribution in [3.8, 4) is 0 Å². The number of hydrogen-bond donors (Lipinski definition) is 0. The summed E-state index contributed by atoms with van der Waals surface area (Å²) in [6.07, 6.45) is 2.02. The predicted molar refractivity (Wildman–Crippen MR) is 88.1 cm³/mol. The van der Waals surface area contributed by atoms with Crippen LogP contribution in [0.25, 0.3) is 10.2 Å². The van der Waals surface area contributed by atoms with E-state index in [1.54, 1.807) is 18.3 Å². The SMILES string of the molecule is CCc1cccc2sc(N3CCCN(C(C)=O)CC3)nc12. The molecule has 0 atom stereocenters. The Bertz CT molecular complexity index is 652. The van der Waals surface area contributed by atoms with E-state index in [1.807, 2.05) is 4.90 Å². The molecular formula is C16H21N3OS. The molecule has 0 spiro atoms. The number of carbonyl (C=O) groups excluding carboxylic acids is 1. The van der Waals surface area contributed by atoms with E-state index in [1.165, 1.54) is 10.3 Å². The Balaban J connectivity index is 1.85. The highest BCUT2D eigenvalue weighted by Gasteiger charge is 2.19. The number of nitrogens with zero attached hydrogens (tertiary/aromatic N) is 3. The fraction of sp³-hybridized carbons (Fsp3) is 0.500. The van der Waals surface area contributed by atoms with Crippen molar-refractivity contribution in [2.45, 2.75) is 26.7 Å². The van der Waals surface area contributed by atoms with Gasteiger partial charge in [0.2, 0.25) is 5.91 Å². The predicted octanol–water partition coefficient (Wildman–Crippen LogP) is 2.92. The molecule has 2 heterocycles. The number of anilines is 1. The maximum absolute atomic E-state index is 11.5. The number of rotatable bonds is 2. The highest BCUT2D eigenvalue weighted by atomic mass is 32.1. The van der Waals surface area contributed by atoms with Gasteiger partial charge in [-0.05, 0) is 24.5 Å². The van der Waals surface area contributed by atoms with E-state index >= 15 is 0 Å². The van der Waals surface area contributed by atoms with Crippen molar-refractivity contribution >= 4 is 32.6 Å². The first-order chi connectivity index (χ1) is 10.2. The highest BCUT2D eigenvalue weighted by molar-refractivity contribution is 7.22. The molecule has 1 aliphatic heterocycles. The summed E-state index contributed by atoms with van der Waals surface area (Å²) in [6, 6.07) is 6.42. The summed E-state index contributed by atoms with van der Waals surface area (Å²) in [6.45, 7) is 7.33. The molecule has 0 bridgehead atoms. The first kappa shape index (κ1) is 14.3. The molecule has 0 N–H and O–H groups in total. The Morgan fingerprint density at radius 3 is 2.90 bits per heavy atom. The number of aromatic nitrogens is 1. The second-order valence-electron chi connectivity index (χ2n) is 5.46. The maximum Gasteiger partial charge on any atom is 0.219 e. The van der Waals surface area contributed by atoms with E-state index in [4.69, 9.17) is 4.98 Å². The zero-order valence-electron chi connectivity index (χ0n) is 12.6. The maximum atomic E-state index is 11.5. The summed E-state index contributed by atoms with van der Waals surface area (Å²) < 4.78 is 1.26. The van der Waals surface area contributed by atoms with Crippen molar-refractivity contribution < 1.29 is 4.79 Å². The number of amides is 1. The molecule has 21 heavy (non-hydrogen) atoms. The zero-order chi connectivity index (χ0) is 14.8. The fourth-order valence-corrected chi connectivity index (χ4v) is 3.90. The van der Waals surface area contributed by atoms with E-state index in [-0.39, 0.29) is 5.91 Å². The summed E-state index contributed by atoms with van der Waals surface area (Å²) in [4.78, 5) is 20.6. The van der Waals surface area contributed by atoms with Crippen molar-refractivity contribution in [1.82, 2.24) is 9.88 Å². The lowest BCUT2D eigenvalue weighted by atomic mass is 10.1. The topological polar surface area (TPSA) is 36.4 Å². The largest absolute Gasteiger partial charge is 0.346 e. The van der Waals surface area contributed by atoms with Gasteiger partial charge in [0.15, 0.2) is 5.13 Å². The number of benzene rings is 1. The van der Waals surface area contributed by atoms with E-state index in [0.717, 1.165) is 49.7 Å². The summed E-state index contributed by atoms with van der Waals surface area (Å²) in [5, 5.41) is 1.09. The number of aryl methyl sites for hydroxylation is 1. The Morgan fingerprint density at radius 2 is 2.14 bits per heavy atom. The van der Waals surface area contributed by atoms with E-state index in [2.05, 4.69) is 30.0 Å². The molecule has 1 saturated heterocycles. The number of fused-ring (bicyclic) bond motifs is 1. The lowest BCUT2D eigenvalue weighted by molar-refractivity contribution is -0.128. The molecule has 0 unspecified atom stereocenters. The Labute approximate surface area is 129 Å². The molecule has 2 aromatic rings. The first-order valence-electron chi connectivity index (χ1n) is 7.58. The lowest BCUT2D eigenvalue weighted by Crippen LogP contribution is -2.33. The number of carbonyl (C=O) groups is 1. The molecule has 1 fully saturated rings. The van der Waals surface area contributed by atoms with Crippen LogP contribution in [0, 0.1) is 0 Å². The van der Waals surface area contributed by atoms with Crippen LogP contribution in [0.15, 0.2) is 18.2 Å². The minimum absolute atomic E-state index is 0.175. The van der Waals surface area contributed by atoms with Gasteiger partial charge in [0.05, 0.1) is 10.2 Å². The number of para-hydroxylation sites is 1. The molecule has 5 heteroatoms. The van der Waals surface area contributed by atoms with Gasteiger partial charge in [0, 0.05) is 33.1 Å². The minimum atomic E-state index is 0.175. The van der Waals surface area contributed by atoms with Gasteiger partial charge >= 0.3 is 0 Å². The van der Waals surface area contributed by atoms with Crippen LogP contribution in [0.2, 0.25) is 0 Å². The number of hydrogen-bond acceptors (Lipinski definition) is 4. The van der Waals surface area contributed by atoms with Crippen LogP contribution < -0.4 is 4.90 Å². The third kappa shape index (κ3) is 2.88. The molecule has 1 amide bonds. The van der Waals surface area contributed by atoms with Crippen molar-refractivity contribution in [3.63, 3.8) is 0 Å². The molecule has 1 aromatic carbocycles. The van der Waals surface area contributed by atoms with Gasteiger partial charge < -0.3 is 9.80 Å². The van der Waals surface area contributed by atoms with Crippen LogP contribution >= 0.6 is 11.3 Å². The summed E-state index contributed by atoms with van der Waals surface area (Å²) in [5.41, 5.74) is 2.46. The van der Waals surface area contributed by atoms with Crippen LogP contribution in [0.1, 0.15) is 25.8 Å². The van der Waals surface area contributed by atoms with Crippen LogP contribution in [-0.2, 0) is 11.2 Å². The third-order valence-corrected chi connectivity index (χ3v) is 5.17. The van der Waals surface area contributed by atoms with Gasteiger partial charge in [-0.15, -0.1) is 0 Å². The zero-order valence-corrected chi connectivity index (χ0v) is 13.4. The Kier molecular flexibility index (Phi) is 4.10. The van der Waals surface area contributed by atoms with Crippen molar-refractivity contribution in [1.29, 1.82) is 0 Å². The molecule has 1 aliphatic rings. The van der Waals surface area contributed by atoms with Crippen molar-refractivity contribution in [2.75, 3.05) is 31.1 Å². The van der Waals surface area contributed by atoms with Crippen LogP contribution in [0.5, 0.6) is 0 Å². The van der Waals surface area contributed by atoms with E-state index in [0.29, 0.717) is 0 Å². The molecule has 0 aliphatic carbocycles. The first-order valence-corrected chi connectivity index (χ1v) is 8.39. The van der Waals surface area contributed by atoms with Gasteiger partial charge in [-0.2, -0.15) is 0 Å². The van der Waals surface area contributed by atoms with Crippen LogP contribution in [0.4, 0.5) is 5.13 Å². The summed E-state index contributed by atoms with van der Waals surface area (Å²) in [5.74, 6) is 0.175. The molecule has 4 nitrogen and oxygen atoms in total. The molecule has 0 saturated carbocycles. The smallest absolute Gasteiger partial charge is 0.219 e. The third-order valence-electron chi connectivity index (χ3n) is 4.08. The van der Waals surface area contributed by atoms with Gasteiger partial charge in [-0.3, -0.25) is 4.79 Å². The van der Waals surface area contributed by atoms with E-state index < -0.39 is 0 Å². The van der Waals surface area contributed by atoms with Gasteiger partial charge in [-0.25, -0.2) is 4.98 Å². The minimum Gasteiger partial charge on any atom is -0.346 e. The van der Waals surface area contributed by atoms with Crippen molar-refractivity contribution in [3.05, 3.63) is 23.8 Å². The monoisotopic (exact) mass is 303 g/mol. The average molecular weight is 303 g/mol. The van der Waals surface area contributed by atoms with Crippen LogP contribution in [0.3, 0.4) is 0 Å². The normalized spacial score (nSPS) is 16.3. The quantitative estimate of drug-likeness (QED) is 0.856. The molecule has 0 radical (unpaired) electrons. The Morgan fingerprint density at radius 1 is 1.29 bits per heavy atom. The molecule has 112 valence electrons. The summed E-state index contributed by atoms with van der Waals surface area (Å²) in [7, 11) is 0. The molecular weight excluding hydrogens is 282 g/mol. The van der Waals surface area contributed by atoms with Crippen molar-refractivity contribution in [2.24, 2.45) is 0 Å². The molecule has 3 rings (SSSR count). The van der Waals surface area contributed by atoms with Gasteiger partial charge in [0.1, 0.15) is 0 Å². The molecule has 1 aromatic heterocycles. The van der Waals surface area contributed by atoms with E-state index in [9.17, 15) is 4.79 Å². The summed E-state index contributed by atoms with van der Waals surface area (Å²) >= 11 is 1.76. The second kappa shape index (κ2) is 6.02. The fourth-order valence-electron chi connectivity index (χ4n) is 2.84. The van der Waals surface area contributed by atoms with Gasteiger partial charge in [0.25, 0.3) is 0 Å².